The van der Waals surface area contributed by atoms with Crippen LogP contribution in [0.4, 0.5) is 10.8 Å². The number of Topliss-reactive ketones (excluding diaryl/α,β-unsaturated/α-hetero) is 1. The van der Waals surface area contributed by atoms with Crippen LogP contribution in [0.3, 0.4) is 0 Å². The van der Waals surface area contributed by atoms with Crippen molar-refractivity contribution in [2.24, 2.45) is 0 Å². The van der Waals surface area contributed by atoms with Gasteiger partial charge in [0.05, 0.1) is 5.75 Å². The number of benzene rings is 1. The summed E-state index contributed by atoms with van der Waals surface area (Å²) in [5, 5.41) is 4.14. The zero-order valence-electron chi connectivity index (χ0n) is 18.3. The number of anilines is 2. The van der Waals surface area contributed by atoms with Gasteiger partial charge in [-0.25, -0.2) is 4.98 Å². The summed E-state index contributed by atoms with van der Waals surface area (Å²) in [4.78, 5) is 48.5. The summed E-state index contributed by atoms with van der Waals surface area (Å²) in [6.07, 6.45) is 2.26. The van der Waals surface area contributed by atoms with E-state index in [1.807, 2.05) is 13.8 Å². The topological polar surface area (TPSA) is 97.2 Å². The Hall–Kier alpha value is -2.72. The number of carbonyl (C=O) groups is 2. The number of rotatable bonds is 7. The number of hydrogen-bond donors (Lipinski definition) is 1. The highest BCUT2D eigenvalue weighted by molar-refractivity contribution is 7.99. The zero-order valence-corrected chi connectivity index (χ0v) is 19.9. The lowest BCUT2D eigenvalue weighted by Gasteiger charge is -2.14. The first-order chi connectivity index (χ1) is 15.3. The molecule has 0 atom stereocenters. The molecule has 168 valence electrons. The number of amides is 1. The van der Waals surface area contributed by atoms with E-state index >= 15 is 0 Å². The van der Waals surface area contributed by atoms with Gasteiger partial charge >= 0.3 is 0 Å². The Morgan fingerprint density at radius 1 is 1.16 bits per heavy atom. The average molecular weight is 472 g/mol. The number of aromatic nitrogens is 3. The Morgan fingerprint density at radius 2 is 1.84 bits per heavy atom. The molecule has 32 heavy (non-hydrogen) atoms. The fraction of sp³-hybridized carbons (Fsp3) is 0.409. The predicted molar refractivity (Wildman–Crippen MR) is 129 cm³/mol. The fourth-order valence-corrected chi connectivity index (χ4v) is 5.48. The highest BCUT2D eigenvalue weighted by atomic mass is 32.2. The normalized spacial score (nSPS) is 13.8. The number of nitrogens with one attached hydrogen (secondary N) is 1. The first-order valence-electron chi connectivity index (χ1n) is 10.5. The average Bonchev–Trinajstić information content (AvgIpc) is 3.42. The largest absolute Gasteiger partial charge is 0.348 e. The van der Waals surface area contributed by atoms with Crippen LogP contribution in [0.1, 0.15) is 50.0 Å². The van der Waals surface area contributed by atoms with E-state index in [0.29, 0.717) is 26.8 Å². The standard InChI is InChI=1S/C22H25N5O3S2/c1-13(2)27-20(30)18-19(24-21(32-18)26-10-4-5-11-26)25-22(27)31-12-17(29)23-16-8-6-15(7-9-16)14(3)28/h6-9,13H,4-5,10-12H2,1-3H3,(H,23,29). The van der Waals surface area contributed by atoms with Crippen molar-refractivity contribution >= 4 is 56.0 Å². The summed E-state index contributed by atoms with van der Waals surface area (Å²) in [7, 11) is 0. The molecule has 4 rings (SSSR count). The molecular weight excluding hydrogens is 446 g/mol. The first-order valence-corrected chi connectivity index (χ1v) is 12.4. The van der Waals surface area contributed by atoms with E-state index in [9.17, 15) is 14.4 Å². The maximum absolute atomic E-state index is 13.2. The molecular formula is C22H25N5O3S2. The minimum atomic E-state index is -0.216. The molecule has 3 heterocycles. The quantitative estimate of drug-likeness (QED) is 0.316. The van der Waals surface area contributed by atoms with Crippen LogP contribution in [0, 0.1) is 0 Å². The van der Waals surface area contributed by atoms with Gasteiger partial charge in [-0.15, -0.1) is 0 Å². The van der Waals surface area contributed by atoms with E-state index in [1.165, 1.54) is 30.0 Å². The highest BCUT2D eigenvalue weighted by Crippen LogP contribution is 2.30. The minimum absolute atomic E-state index is 0.0264. The third-order valence-corrected chi connectivity index (χ3v) is 7.27. The van der Waals surface area contributed by atoms with Crippen LogP contribution in [0.15, 0.2) is 34.2 Å². The van der Waals surface area contributed by atoms with Crippen molar-refractivity contribution in [3.63, 3.8) is 0 Å². The molecule has 8 nitrogen and oxygen atoms in total. The maximum Gasteiger partial charge on any atom is 0.274 e. The third kappa shape index (κ3) is 4.71. The van der Waals surface area contributed by atoms with Crippen LogP contribution in [0.2, 0.25) is 0 Å². The van der Waals surface area contributed by atoms with Gasteiger partial charge in [-0.3, -0.25) is 19.0 Å². The van der Waals surface area contributed by atoms with Crippen LogP contribution >= 0.6 is 23.1 Å². The summed E-state index contributed by atoms with van der Waals surface area (Å²) in [5.41, 5.74) is 1.53. The molecule has 10 heteroatoms. The van der Waals surface area contributed by atoms with Crippen LogP contribution in [-0.4, -0.2) is 45.1 Å². The molecule has 0 spiro atoms. The molecule has 1 aliphatic heterocycles. The number of thiazole rings is 1. The Morgan fingerprint density at radius 3 is 2.47 bits per heavy atom. The van der Waals surface area contributed by atoms with E-state index in [0.717, 1.165) is 31.1 Å². The fourth-order valence-electron chi connectivity index (χ4n) is 3.57. The monoisotopic (exact) mass is 471 g/mol. The molecule has 1 aliphatic rings. The number of nitrogens with zero attached hydrogens (tertiary/aromatic N) is 4. The summed E-state index contributed by atoms with van der Waals surface area (Å²) in [6, 6.07) is 6.65. The summed E-state index contributed by atoms with van der Waals surface area (Å²) < 4.78 is 2.19. The Labute approximate surface area is 194 Å². The zero-order chi connectivity index (χ0) is 22.8. The van der Waals surface area contributed by atoms with Crippen molar-refractivity contribution in [3.8, 4) is 0 Å². The van der Waals surface area contributed by atoms with Gasteiger partial charge in [0, 0.05) is 30.4 Å². The smallest absolute Gasteiger partial charge is 0.274 e. The molecule has 1 N–H and O–H groups in total. The van der Waals surface area contributed by atoms with Crippen LogP contribution in [0.25, 0.3) is 10.3 Å². The summed E-state index contributed by atoms with van der Waals surface area (Å²) in [6.45, 7) is 7.26. The SMILES string of the molecule is CC(=O)c1ccc(NC(=O)CSc2nc3nc(N4CCCC4)sc3c(=O)n2C(C)C)cc1. The van der Waals surface area contributed by atoms with E-state index in [-0.39, 0.29) is 29.0 Å². The molecule has 2 aromatic heterocycles. The maximum atomic E-state index is 13.2. The lowest BCUT2D eigenvalue weighted by atomic mass is 10.1. The van der Waals surface area contributed by atoms with Gasteiger partial charge in [-0.1, -0.05) is 23.1 Å². The Kier molecular flexibility index (Phi) is 6.61. The van der Waals surface area contributed by atoms with Crippen molar-refractivity contribution in [1.82, 2.24) is 14.5 Å². The molecule has 1 fully saturated rings. The third-order valence-electron chi connectivity index (χ3n) is 5.22. The van der Waals surface area contributed by atoms with Gasteiger partial charge < -0.3 is 10.2 Å². The Balaban J connectivity index is 1.53. The second kappa shape index (κ2) is 9.41. The molecule has 0 bridgehead atoms. The van der Waals surface area contributed by atoms with Crippen LogP contribution in [0.5, 0.6) is 0 Å². The van der Waals surface area contributed by atoms with Crippen molar-refractivity contribution < 1.29 is 9.59 Å². The van der Waals surface area contributed by atoms with Crippen molar-refractivity contribution in [3.05, 3.63) is 40.2 Å². The number of fused-ring (bicyclic) bond motifs is 1. The molecule has 1 amide bonds. The van der Waals surface area contributed by atoms with E-state index in [1.54, 1.807) is 28.8 Å². The number of ketones is 1. The second-order valence-electron chi connectivity index (χ2n) is 7.98. The van der Waals surface area contributed by atoms with Crippen molar-refractivity contribution in [2.45, 2.75) is 44.8 Å². The molecule has 1 saturated heterocycles. The van der Waals surface area contributed by atoms with Crippen molar-refractivity contribution in [1.29, 1.82) is 0 Å². The summed E-state index contributed by atoms with van der Waals surface area (Å²) >= 11 is 2.62. The summed E-state index contributed by atoms with van der Waals surface area (Å²) in [5.74, 6) is -0.143. The molecule has 0 saturated carbocycles. The van der Waals surface area contributed by atoms with E-state index in [2.05, 4.69) is 20.2 Å². The molecule has 0 radical (unpaired) electrons. The lowest BCUT2D eigenvalue weighted by molar-refractivity contribution is -0.113. The van der Waals surface area contributed by atoms with Gasteiger partial charge in [0.1, 0.15) is 4.70 Å². The van der Waals surface area contributed by atoms with Crippen LogP contribution < -0.4 is 15.8 Å². The predicted octanol–water partition coefficient (Wildman–Crippen LogP) is 3.97. The number of carbonyl (C=O) groups excluding carboxylic acids is 2. The Bertz CT molecular complexity index is 1210. The number of thioether (sulfide) groups is 1. The highest BCUT2D eigenvalue weighted by Gasteiger charge is 2.22. The minimum Gasteiger partial charge on any atom is -0.348 e. The molecule has 0 aliphatic carbocycles. The van der Waals surface area contributed by atoms with Crippen LogP contribution in [-0.2, 0) is 4.79 Å². The molecule has 1 aromatic carbocycles. The van der Waals surface area contributed by atoms with E-state index in [4.69, 9.17) is 0 Å². The van der Waals surface area contributed by atoms with Gasteiger partial charge in [0.2, 0.25) is 5.91 Å². The van der Waals surface area contributed by atoms with E-state index < -0.39 is 0 Å². The lowest BCUT2D eigenvalue weighted by Crippen LogP contribution is -2.25. The molecule has 0 unspecified atom stereocenters. The molecule has 3 aromatic rings. The number of hydrogen-bond acceptors (Lipinski definition) is 8. The van der Waals surface area contributed by atoms with Gasteiger partial charge in [-0.05, 0) is 57.9 Å². The van der Waals surface area contributed by atoms with Gasteiger partial charge in [0.15, 0.2) is 21.7 Å². The first kappa shape index (κ1) is 22.5. The van der Waals surface area contributed by atoms with Crippen molar-refractivity contribution in [2.75, 3.05) is 29.1 Å². The van der Waals surface area contributed by atoms with Gasteiger partial charge in [0.25, 0.3) is 5.56 Å². The second-order valence-corrected chi connectivity index (χ2v) is 9.90. The van der Waals surface area contributed by atoms with Gasteiger partial charge in [-0.2, -0.15) is 4.98 Å².